The lowest BCUT2D eigenvalue weighted by Crippen LogP contribution is -2.40. The molecule has 0 spiro atoms. The van der Waals surface area contributed by atoms with Crippen LogP contribution >= 0.6 is 23.2 Å². The summed E-state index contributed by atoms with van der Waals surface area (Å²) in [6.45, 7) is 3.56. The van der Waals surface area contributed by atoms with Crippen LogP contribution in [0.3, 0.4) is 0 Å². The number of benzene rings is 2. The summed E-state index contributed by atoms with van der Waals surface area (Å²) in [5.74, 6) is 0.595. The minimum atomic E-state index is -0.515. The molecule has 0 fully saturated rings. The van der Waals surface area contributed by atoms with Crippen molar-refractivity contribution in [2.75, 3.05) is 6.61 Å². The SMILES string of the molecule is Cc1c(/N=C(/Oc2cccc(Cl)c2Cl)C(C)Cc2ccccc2)n(C)c(=O)n(CCCO)c1=O. The van der Waals surface area contributed by atoms with Crippen LogP contribution in [-0.4, -0.2) is 26.7 Å². The first-order chi connectivity index (χ1) is 16.2. The molecule has 0 aliphatic carbocycles. The number of aliphatic hydroxyl groups excluding tert-OH is 1. The molecule has 1 aromatic heterocycles. The number of rotatable bonds is 8. The van der Waals surface area contributed by atoms with E-state index < -0.39 is 11.2 Å². The Kier molecular flexibility index (Phi) is 8.72. The Hall–Kier alpha value is -2.87. The summed E-state index contributed by atoms with van der Waals surface area (Å²) in [5.41, 5.74) is 0.406. The average Bonchev–Trinajstić information content (AvgIpc) is 2.83. The van der Waals surface area contributed by atoms with Crippen LogP contribution < -0.4 is 16.0 Å². The van der Waals surface area contributed by atoms with E-state index in [0.717, 1.165) is 10.1 Å². The zero-order chi connectivity index (χ0) is 24.8. The molecule has 9 heteroatoms. The number of aliphatic imine (C=N–C) groups is 1. The van der Waals surface area contributed by atoms with Crippen LogP contribution in [0.1, 0.15) is 24.5 Å². The van der Waals surface area contributed by atoms with Gasteiger partial charge in [0, 0.05) is 26.1 Å². The molecule has 180 valence electrons. The molecule has 0 aliphatic rings. The topological polar surface area (TPSA) is 85.8 Å². The Balaban J connectivity index is 2.12. The van der Waals surface area contributed by atoms with Crippen molar-refractivity contribution in [1.82, 2.24) is 9.13 Å². The smallest absolute Gasteiger partial charge is 0.332 e. The van der Waals surface area contributed by atoms with Crippen LogP contribution in [0.25, 0.3) is 0 Å². The van der Waals surface area contributed by atoms with Gasteiger partial charge in [0.15, 0.2) is 5.90 Å². The zero-order valence-electron chi connectivity index (χ0n) is 19.3. The summed E-state index contributed by atoms with van der Waals surface area (Å²) < 4.78 is 8.54. The van der Waals surface area contributed by atoms with Gasteiger partial charge < -0.3 is 9.84 Å². The lowest BCUT2D eigenvalue weighted by molar-refractivity contribution is 0.277. The molecule has 7 nitrogen and oxygen atoms in total. The van der Waals surface area contributed by atoms with Crippen molar-refractivity contribution < 1.29 is 9.84 Å². The molecule has 1 N–H and O–H groups in total. The largest absolute Gasteiger partial charge is 0.441 e. The summed E-state index contributed by atoms with van der Waals surface area (Å²) in [6.07, 6.45) is 0.908. The molecule has 0 radical (unpaired) electrons. The summed E-state index contributed by atoms with van der Waals surface area (Å²) in [6, 6.07) is 14.9. The predicted octanol–water partition coefficient (Wildman–Crippen LogP) is 4.53. The van der Waals surface area contributed by atoms with E-state index in [1.165, 1.54) is 4.57 Å². The highest BCUT2D eigenvalue weighted by atomic mass is 35.5. The van der Waals surface area contributed by atoms with Gasteiger partial charge in [0.1, 0.15) is 16.6 Å². The summed E-state index contributed by atoms with van der Waals surface area (Å²) in [5, 5.41) is 9.68. The van der Waals surface area contributed by atoms with Crippen molar-refractivity contribution in [2.24, 2.45) is 18.0 Å². The van der Waals surface area contributed by atoms with Crippen LogP contribution in [0.4, 0.5) is 5.82 Å². The van der Waals surface area contributed by atoms with E-state index in [-0.39, 0.29) is 29.9 Å². The second-order valence-electron chi connectivity index (χ2n) is 8.02. The van der Waals surface area contributed by atoms with E-state index in [2.05, 4.69) is 4.99 Å². The summed E-state index contributed by atoms with van der Waals surface area (Å²) in [4.78, 5) is 30.4. The second kappa shape index (κ2) is 11.5. The monoisotopic (exact) mass is 503 g/mol. The maximum absolute atomic E-state index is 12.9. The Bertz CT molecular complexity index is 1260. The van der Waals surface area contributed by atoms with Gasteiger partial charge in [-0.2, -0.15) is 4.99 Å². The van der Waals surface area contributed by atoms with E-state index in [0.29, 0.717) is 35.1 Å². The van der Waals surface area contributed by atoms with Crippen molar-refractivity contribution in [3.8, 4) is 5.75 Å². The highest BCUT2D eigenvalue weighted by Gasteiger charge is 2.20. The fraction of sp³-hybridized carbons (Fsp3) is 0.320. The molecular formula is C25H27Cl2N3O4. The highest BCUT2D eigenvalue weighted by molar-refractivity contribution is 6.43. The first-order valence-electron chi connectivity index (χ1n) is 10.9. The van der Waals surface area contributed by atoms with Crippen molar-refractivity contribution in [2.45, 2.75) is 33.2 Å². The van der Waals surface area contributed by atoms with E-state index in [1.807, 2.05) is 37.3 Å². The molecule has 0 saturated heterocycles. The number of aromatic nitrogens is 2. The van der Waals surface area contributed by atoms with Crippen LogP contribution in [-0.2, 0) is 20.0 Å². The molecule has 1 atom stereocenters. The quantitative estimate of drug-likeness (QED) is 0.361. The van der Waals surface area contributed by atoms with Gasteiger partial charge in [0.2, 0.25) is 0 Å². The number of halogens is 2. The van der Waals surface area contributed by atoms with Gasteiger partial charge in [-0.25, -0.2) is 4.79 Å². The minimum absolute atomic E-state index is 0.121. The Morgan fingerprint density at radius 2 is 1.82 bits per heavy atom. The molecule has 0 bridgehead atoms. The number of hydrogen-bond acceptors (Lipinski definition) is 5. The third-order valence-corrected chi connectivity index (χ3v) is 6.23. The van der Waals surface area contributed by atoms with Gasteiger partial charge in [0.25, 0.3) is 5.56 Å². The molecule has 1 unspecified atom stereocenters. The molecule has 1 heterocycles. The number of ether oxygens (including phenoxy) is 1. The van der Waals surface area contributed by atoms with Gasteiger partial charge >= 0.3 is 5.69 Å². The Labute approximate surface area is 207 Å². The normalized spacial score (nSPS) is 12.6. The van der Waals surface area contributed by atoms with Crippen LogP contribution in [0.15, 0.2) is 63.1 Å². The molecular weight excluding hydrogens is 477 g/mol. The maximum atomic E-state index is 12.9. The first-order valence-corrected chi connectivity index (χ1v) is 11.7. The average molecular weight is 504 g/mol. The van der Waals surface area contributed by atoms with Crippen molar-refractivity contribution in [3.63, 3.8) is 0 Å². The van der Waals surface area contributed by atoms with Gasteiger partial charge in [-0.3, -0.25) is 13.9 Å². The van der Waals surface area contributed by atoms with Gasteiger partial charge in [-0.05, 0) is 37.5 Å². The Morgan fingerprint density at radius 3 is 2.50 bits per heavy atom. The molecule has 3 rings (SSSR count). The molecule has 0 amide bonds. The van der Waals surface area contributed by atoms with Gasteiger partial charge in [-0.1, -0.05) is 66.5 Å². The zero-order valence-corrected chi connectivity index (χ0v) is 20.8. The van der Waals surface area contributed by atoms with Crippen LogP contribution in [0, 0.1) is 12.8 Å². The van der Waals surface area contributed by atoms with Crippen LogP contribution in [0.5, 0.6) is 5.75 Å². The number of nitrogens with zero attached hydrogens (tertiary/aromatic N) is 3. The third-order valence-electron chi connectivity index (χ3n) is 5.43. The molecule has 3 aromatic rings. The van der Waals surface area contributed by atoms with Gasteiger partial charge in [-0.15, -0.1) is 0 Å². The summed E-state index contributed by atoms with van der Waals surface area (Å²) >= 11 is 12.5. The molecule has 34 heavy (non-hydrogen) atoms. The summed E-state index contributed by atoms with van der Waals surface area (Å²) in [7, 11) is 1.55. The van der Waals surface area contributed by atoms with E-state index in [1.54, 1.807) is 32.2 Å². The standard InChI is InChI=1S/C25H27Cl2N3O4/c1-16(15-18-9-5-4-6-10-18)23(34-20-12-7-11-19(26)21(20)27)28-22-17(2)24(32)30(13-8-14-31)25(33)29(22)3/h4-7,9-12,16,31H,8,13-15H2,1-3H3/b28-23+. The van der Waals surface area contributed by atoms with Crippen molar-refractivity contribution >= 4 is 34.9 Å². The lowest BCUT2D eigenvalue weighted by Gasteiger charge is -2.19. The third kappa shape index (κ3) is 5.78. The Morgan fingerprint density at radius 1 is 1.12 bits per heavy atom. The van der Waals surface area contributed by atoms with E-state index in [4.69, 9.17) is 33.0 Å². The van der Waals surface area contributed by atoms with Crippen molar-refractivity contribution in [1.29, 1.82) is 0 Å². The highest BCUT2D eigenvalue weighted by Crippen LogP contribution is 2.32. The predicted molar refractivity (Wildman–Crippen MR) is 136 cm³/mol. The fourth-order valence-electron chi connectivity index (χ4n) is 3.56. The van der Waals surface area contributed by atoms with Gasteiger partial charge in [0.05, 0.1) is 10.6 Å². The second-order valence-corrected chi connectivity index (χ2v) is 8.80. The molecule has 0 aliphatic heterocycles. The van der Waals surface area contributed by atoms with E-state index in [9.17, 15) is 9.59 Å². The molecule has 0 saturated carbocycles. The fourth-order valence-corrected chi connectivity index (χ4v) is 3.89. The first kappa shape index (κ1) is 25.7. The minimum Gasteiger partial charge on any atom is -0.441 e. The lowest BCUT2D eigenvalue weighted by atomic mass is 10.0. The maximum Gasteiger partial charge on any atom is 0.332 e. The molecule has 2 aromatic carbocycles. The number of aliphatic hydroxyl groups is 1. The van der Waals surface area contributed by atoms with Crippen molar-refractivity contribution in [3.05, 3.63) is 90.5 Å². The number of hydrogen-bond donors (Lipinski definition) is 1. The van der Waals surface area contributed by atoms with E-state index >= 15 is 0 Å². The van der Waals surface area contributed by atoms with Crippen LogP contribution in [0.2, 0.25) is 10.0 Å².